The molecule has 1 aromatic rings. The maximum absolute atomic E-state index is 12.6. The van der Waals surface area contributed by atoms with Gasteiger partial charge >= 0.3 is 12.1 Å². The Morgan fingerprint density at radius 3 is 2.33 bits per heavy atom. The lowest BCUT2D eigenvalue weighted by molar-refractivity contribution is -0.153. The Morgan fingerprint density at radius 2 is 1.81 bits per heavy atom. The summed E-state index contributed by atoms with van der Waals surface area (Å²) in [5, 5.41) is 0. The van der Waals surface area contributed by atoms with Crippen LogP contribution in [-0.4, -0.2) is 77.4 Å². The molecule has 2 aliphatic heterocycles. The molecule has 4 amide bonds. The molecule has 1 saturated heterocycles. The third kappa shape index (κ3) is 3.52. The van der Waals surface area contributed by atoms with Crippen molar-refractivity contribution in [1.82, 2.24) is 9.80 Å². The molecule has 0 radical (unpaired) electrons. The number of hydrogen-bond acceptors (Lipinski definition) is 8. The van der Waals surface area contributed by atoms with Gasteiger partial charge in [0, 0.05) is 5.75 Å². The summed E-state index contributed by atoms with van der Waals surface area (Å²) in [5.41, 5.74) is 0.439. The van der Waals surface area contributed by atoms with Crippen molar-refractivity contribution in [3.05, 3.63) is 35.4 Å². The lowest BCUT2D eigenvalue weighted by atomic mass is 10.1. The van der Waals surface area contributed by atoms with Gasteiger partial charge in [-0.2, -0.15) is 11.8 Å². The maximum Gasteiger partial charge on any atom is 0.416 e. The average Bonchev–Trinajstić information content (AvgIpc) is 3.20. The Bertz CT molecular complexity index is 790. The highest BCUT2D eigenvalue weighted by atomic mass is 32.2. The molecule has 0 aliphatic carbocycles. The van der Waals surface area contributed by atoms with E-state index in [1.807, 2.05) is 0 Å². The molecule has 1 fully saturated rings. The lowest BCUT2D eigenvalue weighted by Gasteiger charge is -2.24. The van der Waals surface area contributed by atoms with Crippen molar-refractivity contribution in [2.45, 2.75) is 6.04 Å². The minimum absolute atomic E-state index is 0.0852. The number of carbonyl (C=O) groups is 5. The van der Waals surface area contributed by atoms with Crippen LogP contribution in [0.4, 0.5) is 4.79 Å². The maximum atomic E-state index is 12.6. The number of amides is 4. The van der Waals surface area contributed by atoms with Crippen LogP contribution in [0.1, 0.15) is 20.7 Å². The number of esters is 1. The van der Waals surface area contributed by atoms with Crippen molar-refractivity contribution in [2.75, 3.05) is 31.8 Å². The van der Waals surface area contributed by atoms with Crippen LogP contribution in [0.15, 0.2) is 24.3 Å². The molecule has 9 nitrogen and oxygen atoms in total. The zero-order valence-corrected chi connectivity index (χ0v) is 15.2. The first-order valence-electron chi connectivity index (χ1n) is 8.05. The second-order valence-corrected chi connectivity index (χ2v) is 6.68. The fourth-order valence-corrected chi connectivity index (χ4v) is 3.42. The van der Waals surface area contributed by atoms with Crippen molar-refractivity contribution >= 4 is 41.5 Å². The smallest absolute Gasteiger partial charge is 0.416 e. The standard InChI is InChI=1S/C17H16N2O7S/c1-27-9-12(16(23)26-8-13(20)18-6-7-25-17(18)24)19-14(21)10-4-2-3-5-11(10)15(19)22/h2-5,12H,6-9H2,1H3/t12-/m0/s1. The van der Waals surface area contributed by atoms with Crippen LogP contribution >= 0.6 is 11.8 Å². The van der Waals surface area contributed by atoms with Gasteiger partial charge in [0.1, 0.15) is 12.6 Å². The molecule has 0 N–H and O–H groups in total. The lowest BCUT2D eigenvalue weighted by Crippen LogP contribution is -2.48. The summed E-state index contributed by atoms with van der Waals surface area (Å²) in [4.78, 5) is 62.6. The zero-order chi connectivity index (χ0) is 19.6. The normalized spacial score (nSPS) is 17.0. The van der Waals surface area contributed by atoms with Gasteiger partial charge in [-0.05, 0) is 18.4 Å². The quantitative estimate of drug-likeness (QED) is 0.509. The minimum Gasteiger partial charge on any atom is -0.454 e. The number of imide groups is 2. The molecule has 10 heteroatoms. The van der Waals surface area contributed by atoms with E-state index in [9.17, 15) is 24.0 Å². The Labute approximate surface area is 158 Å². The van der Waals surface area contributed by atoms with Crippen molar-refractivity contribution in [1.29, 1.82) is 0 Å². The van der Waals surface area contributed by atoms with E-state index in [-0.39, 0.29) is 30.0 Å². The minimum atomic E-state index is -1.18. The molecule has 0 spiro atoms. The highest BCUT2D eigenvalue weighted by Crippen LogP contribution is 2.26. The van der Waals surface area contributed by atoms with E-state index in [0.29, 0.717) is 0 Å². The Hall–Kier alpha value is -2.88. The van der Waals surface area contributed by atoms with Gasteiger partial charge in [-0.15, -0.1) is 0 Å². The predicted octanol–water partition coefficient (Wildman–Crippen LogP) is 0.536. The SMILES string of the molecule is CSC[C@@H](C(=O)OCC(=O)N1CCOC1=O)N1C(=O)c2ccccc2C1=O. The average molecular weight is 392 g/mol. The van der Waals surface area contributed by atoms with Crippen molar-refractivity contribution in [3.63, 3.8) is 0 Å². The van der Waals surface area contributed by atoms with Gasteiger partial charge in [0.2, 0.25) is 0 Å². The molecule has 1 aromatic carbocycles. The van der Waals surface area contributed by atoms with Gasteiger partial charge < -0.3 is 9.47 Å². The van der Waals surface area contributed by atoms with Crippen LogP contribution in [-0.2, 0) is 19.1 Å². The Balaban J connectivity index is 1.71. The molecule has 0 bridgehead atoms. The number of benzene rings is 1. The molecule has 142 valence electrons. The molecular formula is C17H16N2O7S. The highest BCUT2D eigenvalue weighted by Gasteiger charge is 2.43. The van der Waals surface area contributed by atoms with E-state index < -0.39 is 42.4 Å². The number of carbonyl (C=O) groups excluding carboxylic acids is 5. The van der Waals surface area contributed by atoms with E-state index in [1.54, 1.807) is 18.4 Å². The summed E-state index contributed by atoms with van der Waals surface area (Å²) < 4.78 is 9.64. The first-order valence-corrected chi connectivity index (χ1v) is 9.44. The number of fused-ring (bicyclic) bond motifs is 1. The third-order valence-corrected chi connectivity index (χ3v) is 4.78. The first-order chi connectivity index (χ1) is 13.0. The summed E-state index contributed by atoms with van der Waals surface area (Å²) in [6.07, 6.45) is 0.918. The third-order valence-electron chi connectivity index (χ3n) is 4.13. The van der Waals surface area contributed by atoms with Gasteiger partial charge in [-0.1, -0.05) is 12.1 Å². The molecule has 27 heavy (non-hydrogen) atoms. The number of cyclic esters (lactones) is 1. The second-order valence-electron chi connectivity index (χ2n) is 5.76. The van der Waals surface area contributed by atoms with Crippen LogP contribution in [0.5, 0.6) is 0 Å². The van der Waals surface area contributed by atoms with Gasteiger partial charge in [-0.25, -0.2) is 14.5 Å². The van der Waals surface area contributed by atoms with Crippen LogP contribution in [0.3, 0.4) is 0 Å². The molecule has 0 saturated carbocycles. The van der Waals surface area contributed by atoms with Gasteiger partial charge in [0.15, 0.2) is 6.61 Å². The fraction of sp³-hybridized carbons (Fsp3) is 0.353. The molecule has 2 aliphatic rings. The molecule has 2 heterocycles. The Morgan fingerprint density at radius 1 is 1.19 bits per heavy atom. The zero-order valence-electron chi connectivity index (χ0n) is 14.4. The summed E-state index contributed by atoms with van der Waals surface area (Å²) in [6, 6.07) is 5.11. The van der Waals surface area contributed by atoms with Gasteiger partial charge in [-0.3, -0.25) is 19.3 Å². The van der Waals surface area contributed by atoms with E-state index in [2.05, 4.69) is 4.74 Å². The van der Waals surface area contributed by atoms with E-state index >= 15 is 0 Å². The molecule has 1 atom stereocenters. The molecular weight excluding hydrogens is 376 g/mol. The number of ether oxygens (including phenoxy) is 2. The van der Waals surface area contributed by atoms with E-state index in [0.717, 1.165) is 9.80 Å². The number of rotatable bonds is 6. The summed E-state index contributed by atoms with van der Waals surface area (Å²) in [5.74, 6) is -2.66. The first kappa shape index (κ1) is 18.9. The van der Waals surface area contributed by atoms with E-state index in [1.165, 1.54) is 23.9 Å². The summed E-state index contributed by atoms with van der Waals surface area (Å²) in [7, 11) is 0. The van der Waals surface area contributed by atoms with Crippen LogP contribution < -0.4 is 0 Å². The van der Waals surface area contributed by atoms with Gasteiger partial charge in [0.05, 0.1) is 17.7 Å². The monoisotopic (exact) mass is 392 g/mol. The van der Waals surface area contributed by atoms with Crippen LogP contribution in [0, 0.1) is 0 Å². The van der Waals surface area contributed by atoms with Crippen molar-refractivity contribution < 1.29 is 33.4 Å². The predicted molar refractivity (Wildman–Crippen MR) is 93.1 cm³/mol. The molecule has 0 unspecified atom stereocenters. The second kappa shape index (κ2) is 7.78. The molecule has 3 rings (SSSR count). The van der Waals surface area contributed by atoms with Crippen LogP contribution in [0.25, 0.3) is 0 Å². The van der Waals surface area contributed by atoms with E-state index in [4.69, 9.17) is 4.74 Å². The van der Waals surface area contributed by atoms with Gasteiger partial charge in [0.25, 0.3) is 17.7 Å². The number of hydrogen-bond donors (Lipinski definition) is 0. The van der Waals surface area contributed by atoms with Crippen molar-refractivity contribution in [2.24, 2.45) is 0 Å². The summed E-state index contributed by atoms with van der Waals surface area (Å²) >= 11 is 1.25. The molecule has 0 aromatic heterocycles. The topological polar surface area (TPSA) is 110 Å². The summed E-state index contributed by atoms with van der Waals surface area (Å²) in [6.45, 7) is -0.507. The van der Waals surface area contributed by atoms with Crippen LogP contribution in [0.2, 0.25) is 0 Å². The largest absolute Gasteiger partial charge is 0.454 e. The number of nitrogens with zero attached hydrogens (tertiary/aromatic N) is 2. The van der Waals surface area contributed by atoms with Crippen molar-refractivity contribution in [3.8, 4) is 0 Å². The Kier molecular flexibility index (Phi) is 5.45. The fourth-order valence-electron chi connectivity index (χ4n) is 2.82. The number of thioether (sulfide) groups is 1. The highest BCUT2D eigenvalue weighted by molar-refractivity contribution is 7.98.